The Kier molecular flexibility index (Phi) is 4.68. The number of rotatable bonds is 4. The maximum atomic E-state index is 12.6. The number of nitrogens with zero attached hydrogens (tertiary/aromatic N) is 7. The van der Waals surface area contributed by atoms with Crippen molar-refractivity contribution in [2.45, 2.75) is 6.67 Å². The zero-order valence-electron chi connectivity index (χ0n) is 14.1. The molecule has 0 saturated carbocycles. The standard InChI is InChI=1S/C17H18ClN7O/c18-15-3-1-2-4-16(15)25-17(26)24(20-21-25)13-22-9-11-23(12-10-22)14-5-7-19-8-6-14/h1-8H,9-13H2. The monoisotopic (exact) mass is 371 g/mol. The lowest BCUT2D eigenvalue weighted by molar-refractivity contribution is 0.191. The molecule has 3 heterocycles. The molecule has 1 aliphatic heterocycles. The van der Waals surface area contributed by atoms with Crippen LogP contribution in [0.1, 0.15) is 0 Å². The van der Waals surface area contributed by atoms with Crippen LogP contribution in [0.2, 0.25) is 5.02 Å². The lowest BCUT2D eigenvalue weighted by Gasteiger charge is -2.35. The van der Waals surface area contributed by atoms with E-state index in [-0.39, 0.29) is 5.69 Å². The number of pyridine rings is 1. The zero-order valence-corrected chi connectivity index (χ0v) is 14.8. The maximum Gasteiger partial charge on any atom is 0.369 e. The molecular weight excluding hydrogens is 354 g/mol. The average molecular weight is 372 g/mol. The molecule has 26 heavy (non-hydrogen) atoms. The Balaban J connectivity index is 1.43. The summed E-state index contributed by atoms with van der Waals surface area (Å²) >= 11 is 6.15. The van der Waals surface area contributed by atoms with E-state index in [2.05, 4.69) is 25.2 Å². The van der Waals surface area contributed by atoms with Crippen molar-refractivity contribution < 1.29 is 0 Å². The normalized spacial score (nSPS) is 15.3. The van der Waals surface area contributed by atoms with E-state index in [1.165, 1.54) is 15.1 Å². The molecule has 134 valence electrons. The van der Waals surface area contributed by atoms with Gasteiger partial charge in [0.15, 0.2) is 0 Å². The topological polar surface area (TPSA) is 72.1 Å². The summed E-state index contributed by atoms with van der Waals surface area (Å²) in [5.41, 5.74) is 1.41. The molecule has 0 radical (unpaired) electrons. The minimum atomic E-state index is -0.297. The molecule has 4 rings (SSSR count). The highest BCUT2D eigenvalue weighted by atomic mass is 35.5. The first-order chi connectivity index (χ1) is 12.7. The van der Waals surface area contributed by atoms with Gasteiger partial charge in [0.2, 0.25) is 0 Å². The summed E-state index contributed by atoms with van der Waals surface area (Å²) < 4.78 is 2.60. The van der Waals surface area contributed by atoms with Crippen LogP contribution >= 0.6 is 11.6 Å². The number of benzene rings is 1. The zero-order chi connectivity index (χ0) is 17.9. The molecule has 0 aliphatic carbocycles. The van der Waals surface area contributed by atoms with Crippen LogP contribution in [-0.4, -0.2) is 55.9 Å². The number of tetrazole rings is 1. The molecule has 8 nitrogen and oxygen atoms in total. The van der Waals surface area contributed by atoms with E-state index in [0.29, 0.717) is 17.4 Å². The van der Waals surface area contributed by atoms with Gasteiger partial charge in [-0.25, -0.2) is 4.79 Å². The van der Waals surface area contributed by atoms with Gasteiger partial charge in [-0.2, -0.15) is 9.36 Å². The smallest absolute Gasteiger partial charge is 0.369 e. The molecule has 0 amide bonds. The van der Waals surface area contributed by atoms with Crippen LogP contribution in [0.15, 0.2) is 53.6 Å². The summed E-state index contributed by atoms with van der Waals surface area (Å²) in [5.74, 6) is 0. The molecule has 3 aromatic rings. The Morgan fingerprint density at radius 2 is 1.69 bits per heavy atom. The highest BCUT2D eigenvalue weighted by molar-refractivity contribution is 6.32. The second kappa shape index (κ2) is 7.27. The Morgan fingerprint density at radius 1 is 0.962 bits per heavy atom. The molecular formula is C17H18ClN7O. The molecule has 0 bridgehead atoms. The largest absolute Gasteiger partial charge is 0.369 e. The van der Waals surface area contributed by atoms with Gasteiger partial charge in [-0.1, -0.05) is 23.7 Å². The number of para-hydroxylation sites is 1. The summed E-state index contributed by atoms with van der Waals surface area (Å²) in [5, 5.41) is 8.43. The lowest BCUT2D eigenvalue weighted by atomic mass is 10.3. The van der Waals surface area contributed by atoms with Gasteiger partial charge in [0.25, 0.3) is 0 Å². The predicted molar refractivity (Wildman–Crippen MR) is 98.7 cm³/mol. The Bertz CT molecular complexity index is 932. The van der Waals surface area contributed by atoms with Crippen LogP contribution in [0.4, 0.5) is 5.69 Å². The summed E-state index contributed by atoms with van der Waals surface area (Å²) in [6.07, 6.45) is 3.60. The molecule has 1 aliphatic rings. The minimum absolute atomic E-state index is 0.297. The lowest BCUT2D eigenvalue weighted by Crippen LogP contribution is -2.48. The SMILES string of the molecule is O=c1n(CN2CCN(c3ccncc3)CC2)nnn1-c1ccccc1Cl. The third-order valence-corrected chi connectivity index (χ3v) is 4.77. The first-order valence-corrected chi connectivity index (χ1v) is 8.75. The molecule has 0 unspecified atom stereocenters. The molecule has 0 spiro atoms. The van der Waals surface area contributed by atoms with Crippen LogP contribution in [0.5, 0.6) is 0 Å². The Hall–Kier alpha value is -2.71. The molecule has 1 saturated heterocycles. The quantitative estimate of drug-likeness (QED) is 0.687. The Labute approximate surface area is 155 Å². The van der Waals surface area contributed by atoms with Crippen molar-refractivity contribution in [2.75, 3.05) is 31.1 Å². The fraction of sp³-hybridized carbons (Fsp3) is 0.294. The van der Waals surface area contributed by atoms with Crippen molar-refractivity contribution in [3.8, 4) is 5.69 Å². The fourth-order valence-electron chi connectivity index (χ4n) is 3.03. The van der Waals surface area contributed by atoms with Gasteiger partial charge in [-0.3, -0.25) is 9.88 Å². The fourth-order valence-corrected chi connectivity index (χ4v) is 3.25. The van der Waals surface area contributed by atoms with Crippen LogP contribution in [0.3, 0.4) is 0 Å². The average Bonchev–Trinajstić information content (AvgIpc) is 3.04. The van der Waals surface area contributed by atoms with E-state index in [1.807, 2.05) is 24.3 Å². The highest BCUT2D eigenvalue weighted by Crippen LogP contribution is 2.17. The molecule has 9 heteroatoms. The first-order valence-electron chi connectivity index (χ1n) is 8.37. The summed E-state index contributed by atoms with van der Waals surface area (Å²) in [4.78, 5) is 21.1. The van der Waals surface area contributed by atoms with Crippen LogP contribution in [0.25, 0.3) is 5.69 Å². The number of hydrogen-bond acceptors (Lipinski definition) is 6. The maximum absolute atomic E-state index is 12.6. The van der Waals surface area contributed by atoms with E-state index >= 15 is 0 Å². The minimum Gasteiger partial charge on any atom is -0.369 e. The van der Waals surface area contributed by atoms with Crippen molar-refractivity contribution in [3.05, 3.63) is 64.3 Å². The van der Waals surface area contributed by atoms with Crippen molar-refractivity contribution in [2.24, 2.45) is 0 Å². The number of anilines is 1. The summed E-state index contributed by atoms with van der Waals surface area (Å²) in [6.45, 7) is 3.86. The molecule has 2 aromatic heterocycles. The summed E-state index contributed by atoms with van der Waals surface area (Å²) in [6, 6.07) is 11.1. The van der Waals surface area contributed by atoms with E-state index < -0.39 is 0 Å². The van der Waals surface area contributed by atoms with Crippen molar-refractivity contribution in [1.82, 2.24) is 29.7 Å². The number of aromatic nitrogens is 5. The second-order valence-electron chi connectivity index (χ2n) is 6.08. The molecule has 0 N–H and O–H groups in total. The van der Waals surface area contributed by atoms with Gasteiger partial charge in [0.05, 0.1) is 10.7 Å². The van der Waals surface area contributed by atoms with Gasteiger partial charge in [0.1, 0.15) is 6.67 Å². The van der Waals surface area contributed by atoms with E-state index in [4.69, 9.17) is 11.6 Å². The van der Waals surface area contributed by atoms with Crippen LogP contribution in [-0.2, 0) is 6.67 Å². The Morgan fingerprint density at radius 3 is 2.42 bits per heavy atom. The summed E-state index contributed by atoms with van der Waals surface area (Å²) in [7, 11) is 0. The molecule has 0 atom stereocenters. The molecule has 1 aromatic carbocycles. The van der Waals surface area contributed by atoms with E-state index in [0.717, 1.165) is 26.2 Å². The first kappa shape index (κ1) is 16.7. The second-order valence-corrected chi connectivity index (χ2v) is 6.48. The van der Waals surface area contributed by atoms with Gasteiger partial charge in [-0.05, 0) is 34.7 Å². The third-order valence-electron chi connectivity index (χ3n) is 4.45. The van der Waals surface area contributed by atoms with Gasteiger partial charge < -0.3 is 4.90 Å². The predicted octanol–water partition coefficient (Wildman–Crippen LogP) is 1.26. The van der Waals surface area contributed by atoms with E-state index in [1.54, 1.807) is 24.5 Å². The van der Waals surface area contributed by atoms with Crippen LogP contribution < -0.4 is 10.6 Å². The van der Waals surface area contributed by atoms with Crippen LogP contribution in [0, 0.1) is 0 Å². The highest BCUT2D eigenvalue weighted by Gasteiger charge is 2.19. The van der Waals surface area contributed by atoms with Gasteiger partial charge in [-0.15, -0.1) is 0 Å². The van der Waals surface area contributed by atoms with Crippen molar-refractivity contribution in [1.29, 1.82) is 0 Å². The van der Waals surface area contributed by atoms with Gasteiger partial charge >= 0.3 is 5.69 Å². The number of halogens is 1. The number of hydrogen-bond donors (Lipinski definition) is 0. The van der Waals surface area contributed by atoms with Gasteiger partial charge in [0, 0.05) is 44.3 Å². The van der Waals surface area contributed by atoms with E-state index in [9.17, 15) is 4.79 Å². The third kappa shape index (κ3) is 3.33. The molecule has 1 fully saturated rings. The number of piperazine rings is 1. The van der Waals surface area contributed by atoms with Crippen molar-refractivity contribution in [3.63, 3.8) is 0 Å². The van der Waals surface area contributed by atoms with Crippen molar-refractivity contribution >= 4 is 17.3 Å².